The maximum atomic E-state index is 12.9. The first kappa shape index (κ1) is 17.3. The molecular weight excluding hydrogens is 370 g/mol. The average Bonchev–Trinajstić information content (AvgIpc) is 3.08. The zero-order chi connectivity index (χ0) is 20.2. The fourth-order valence-corrected chi connectivity index (χ4v) is 3.34. The van der Waals surface area contributed by atoms with E-state index in [9.17, 15) is 34.4 Å². The number of fused-ring (bicyclic) bond motifs is 1. The van der Waals surface area contributed by atoms with Gasteiger partial charge < -0.3 is 9.84 Å². The van der Waals surface area contributed by atoms with E-state index in [0.717, 1.165) is 24.3 Å². The molecule has 28 heavy (non-hydrogen) atoms. The number of nitrogens with zero attached hydrogens (tertiary/aromatic N) is 1. The van der Waals surface area contributed by atoms with E-state index in [-0.39, 0.29) is 22.4 Å². The van der Waals surface area contributed by atoms with Gasteiger partial charge in [0.2, 0.25) is 11.6 Å². The molecule has 0 bridgehead atoms. The molecule has 1 saturated heterocycles. The highest BCUT2D eigenvalue weighted by atomic mass is 16.6. The Morgan fingerprint density at radius 3 is 1.96 bits per heavy atom. The Morgan fingerprint density at radius 1 is 0.929 bits per heavy atom. The minimum atomic E-state index is -2.59. The number of nitro benzene ring substituents is 1. The summed E-state index contributed by atoms with van der Waals surface area (Å²) >= 11 is 0. The number of hydrogen-bond acceptors (Lipinski definition) is 8. The van der Waals surface area contributed by atoms with E-state index < -0.39 is 45.2 Å². The van der Waals surface area contributed by atoms with Gasteiger partial charge >= 0.3 is 5.97 Å². The van der Waals surface area contributed by atoms with Crippen molar-refractivity contribution >= 4 is 34.8 Å². The average molecular weight is 379 g/mol. The molecule has 0 unspecified atom stereocenters. The van der Waals surface area contributed by atoms with Gasteiger partial charge in [-0.2, -0.15) is 0 Å². The molecule has 2 aliphatic rings. The second kappa shape index (κ2) is 5.68. The molecule has 2 aromatic carbocycles. The van der Waals surface area contributed by atoms with Crippen molar-refractivity contribution in [2.45, 2.75) is 5.60 Å². The van der Waals surface area contributed by atoms with Crippen LogP contribution in [0.4, 0.5) is 5.69 Å². The van der Waals surface area contributed by atoms with E-state index in [1.807, 2.05) is 0 Å². The van der Waals surface area contributed by atoms with E-state index >= 15 is 0 Å². The lowest BCUT2D eigenvalue weighted by atomic mass is 9.85. The Bertz CT molecular complexity index is 1110. The van der Waals surface area contributed by atoms with E-state index in [2.05, 4.69) is 0 Å². The molecule has 0 atom stereocenters. The van der Waals surface area contributed by atoms with Crippen molar-refractivity contribution in [3.8, 4) is 0 Å². The van der Waals surface area contributed by atoms with Crippen LogP contribution in [0.1, 0.15) is 26.3 Å². The number of non-ortho nitro benzene ring substituents is 1. The summed E-state index contributed by atoms with van der Waals surface area (Å²) < 4.78 is 4.93. The number of carbonyl (C=O) groups is 4. The zero-order valence-corrected chi connectivity index (χ0v) is 13.9. The summed E-state index contributed by atoms with van der Waals surface area (Å²) in [6.45, 7) is 0. The highest BCUT2D eigenvalue weighted by Gasteiger charge is 2.67. The fraction of sp³-hybridized carbons (Fsp3) is 0.0526. The lowest BCUT2D eigenvalue weighted by Crippen LogP contribution is -2.43. The van der Waals surface area contributed by atoms with Crippen molar-refractivity contribution in [1.29, 1.82) is 0 Å². The van der Waals surface area contributed by atoms with Crippen LogP contribution < -0.4 is 0 Å². The molecule has 0 radical (unpaired) electrons. The van der Waals surface area contributed by atoms with Crippen LogP contribution >= 0.6 is 0 Å². The quantitative estimate of drug-likeness (QED) is 0.158. The summed E-state index contributed by atoms with van der Waals surface area (Å²) in [4.78, 5) is 60.3. The van der Waals surface area contributed by atoms with Gasteiger partial charge in [-0.05, 0) is 12.1 Å². The van der Waals surface area contributed by atoms with Crippen molar-refractivity contribution in [2.24, 2.45) is 0 Å². The lowest BCUT2D eigenvalue weighted by molar-refractivity contribution is -0.384. The molecule has 9 heteroatoms. The second-order valence-electron chi connectivity index (χ2n) is 6.13. The Balaban J connectivity index is 1.94. The first-order valence-corrected chi connectivity index (χ1v) is 7.94. The van der Waals surface area contributed by atoms with Crippen molar-refractivity contribution in [3.63, 3.8) is 0 Å². The Kier molecular flexibility index (Phi) is 3.51. The lowest BCUT2D eigenvalue weighted by Gasteiger charge is -2.19. The molecule has 0 amide bonds. The predicted molar refractivity (Wildman–Crippen MR) is 91.6 cm³/mol. The van der Waals surface area contributed by atoms with Crippen molar-refractivity contribution in [2.75, 3.05) is 0 Å². The minimum Gasteiger partial charge on any atom is -0.507 e. The number of benzene rings is 2. The molecule has 1 aliphatic carbocycles. The van der Waals surface area contributed by atoms with Crippen molar-refractivity contribution in [3.05, 3.63) is 80.9 Å². The number of hydrogen-bond donors (Lipinski definition) is 1. The Hall–Kier alpha value is -4.14. The van der Waals surface area contributed by atoms with E-state index in [1.54, 1.807) is 0 Å². The first-order chi connectivity index (χ1) is 13.3. The Morgan fingerprint density at radius 2 is 1.46 bits per heavy atom. The van der Waals surface area contributed by atoms with E-state index in [0.29, 0.717) is 0 Å². The molecule has 9 nitrogen and oxygen atoms in total. The van der Waals surface area contributed by atoms with E-state index in [4.69, 9.17) is 4.74 Å². The van der Waals surface area contributed by atoms with Gasteiger partial charge in [0, 0.05) is 28.8 Å². The number of carbonyl (C=O) groups excluding carboxylic acids is 4. The summed E-state index contributed by atoms with van der Waals surface area (Å²) in [5, 5.41) is 21.4. The number of esters is 1. The standard InChI is InChI=1S/C19H9NO8/c21-14(9-5-7-10(8-6-9)20(26)27)13-15(22)18(25)28-19(13)16(23)11-3-1-2-4-12(11)17(19)24/h1-8,21H/b14-13-. The number of aliphatic hydroxyl groups is 1. The maximum absolute atomic E-state index is 12.9. The molecular formula is C19H9NO8. The van der Waals surface area contributed by atoms with Crippen molar-refractivity contribution in [1.82, 2.24) is 0 Å². The largest absolute Gasteiger partial charge is 0.507 e. The molecule has 1 aliphatic heterocycles. The van der Waals surface area contributed by atoms with Gasteiger partial charge in [0.25, 0.3) is 17.1 Å². The second-order valence-corrected chi connectivity index (χ2v) is 6.13. The van der Waals surface area contributed by atoms with Gasteiger partial charge in [-0.1, -0.05) is 24.3 Å². The summed E-state index contributed by atoms with van der Waals surface area (Å²) in [7, 11) is 0. The summed E-state index contributed by atoms with van der Waals surface area (Å²) in [5.74, 6) is -5.48. The first-order valence-electron chi connectivity index (χ1n) is 7.94. The molecule has 138 valence electrons. The van der Waals surface area contributed by atoms with Crippen LogP contribution in [-0.4, -0.2) is 38.9 Å². The molecule has 0 saturated carbocycles. The number of ether oxygens (including phenoxy) is 1. The third kappa shape index (κ3) is 2.07. The molecule has 4 rings (SSSR count). The van der Waals surface area contributed by atoms with Crippen molar-refractivity contribution < 1.29 is 33.9 Å². The van der Waals surface area contributed by atoms with Gasteiger partial charge in [0.15, 0.2) is 0 Å². The number of aliphatic hydroxyl groups excluding tert-OH is 1. The summed E-state index contributed by atoms with van der Waals surface area (Å²) in [6, 6.07) is 10.1. The van der Waals surface area contributed by atoms with Crippen LogP contribution in [-0.2, 0) is 14.3 Å². The highest BCUT2D eigenvalue weighted by molar-refractivity contribution is 6.52. The molecule has 1 spiro atoms. The van der Waals surface area contributed by atoms with Crippen LogP contribution in [0.3, 0.4) is 0 Å². The highest BCUT2D eigenvalue weighted by Crippen LogP contribution is 2.44. The van der Waals surface area contributed by atoms with Gasteiger partial charge in [-0.15, -0.1) is 0 Å². The SMILES string of the molecule is O=C1OC2(C(=O)c3ccccc3C2=O)/C(=C(\O)c2ccc([N+](=O)[O-])cc2)C1=O. The van der Waals surface area contributed by atoms with Crippen LogP contribution in [0.2, 0.25) is 0 Å². The number of nitro groups is 1. The monoisotopic (exact) mass is 379 g/mol. The predicted octanol–water partition coefficient (Wildman–Crippen LogP) is 1.81. The number of ketones is 3. The topological polar surface area (TPSA) is 141 Å². The molecule has 1 fully saturated rings. The minimum absolute atomic E-state index is 0.0380. The zero-order valence-electron chi connectivity index (χ0n) is 13.9. The van der Waals surface area contributed by atoms with Crippen LogP contribution in [0, 0.1) is 10.1 Å². The van der Waals surface area contributed by atoms with Crippen LogP contribution in [0.15, 0.2) is 54.1 Å². The van der Waals surface area contributed by atoms with E-state index in [1.165, 1.54) is 24.3 Å². The molecule has 0 aromatic heterocycles. The normalized spacial score (nSPS) is 19.0. The van der Waals surface area contributed by atoms with Gasteiger partial charge in [0.05, 0.1) is 4.92 Å². The van der Waals surface area contributed by atoms with Crippen LogP contribution in [0.5, 0.6) is 0 Å². The molecule has 2 aromatic rings. The fourth-order valence-electron chi connectivity index (χ4n) is 3.34. The van der Waals surface area contributed by atoms with Crippen LogP contribution in [0.25, 0.3) is 5.76 Å². The number of rotatable bonds is 2. The van der Waals surface area contributed by atoms with Gasteiger partial charge in [0.1, 0.15) is 11.3 Å². The summed E-state index contributed by atoms with van der Waals surface area (Å²) in [5.41, 5.74) is -3.83. The third-order valence-electron chi connectivity index (χ3n) is 4.65. The van der Waals surface area contributed by atoms with Gasteiger partial charge in [-0.3, -0.25) is 24.5 Å². The number of Topliss-reactive ketones (excluding diaryl/α,β-unsaturated/α-hetero) is 3. The maximum Gasteiger partial charge on any atom is 0.381 e. The smallest absolute Gasteiger partial charge is 0.381 e. The summed E-state index contributed by atoms with van der Waals surface area (Å²) in [6.07, 6.45) is 0. The molecule has 1 N–H and O–H groups in total. The third-order valence-corrected chi connectivity index (χ3v) is 4.65. The van der Waals surface area contributed by atoms with Gasteiger partial charge in [-0.25, -0.2) is 4.79 Å². The molecule has 1 heterocycles. The Labute approximate surface area is 156 Å².